The van der Waals surface area contributed by atoms with Crippen molar-refractivity contribution in [1.29, 1.82) is 0 Å². The summed E-state index contributed by atoms with van der Waals surface area (Å²) in [7, 11) is 1.83. The van der Waals surface area contributed by atoms with Crippen LogP contribution < -0.4 is 5.32 Å². The first-order valence-corrected chi connectivity index (χ1v) is 8.79. The summed E-state index contributed by atoms with van der Waals surface area (Å²) >= 11 is 0. The molecule has 1 aliphatic heterocycles. The summed E-state index contributed by atoms with van der Waals surface area (Å²) in [5.41, 5.74) is 2.30. The predicted molar refractivity (Wildman–Crippen MR) is 94.5 cm³/mol. The minimum atomic E-state index is 0.0371. The smallest absolute Gasteiger partial charge is 0.259 e. The highest BCUT2D eigenvalue weighted by Crippen LogP contribution is 2.23. The summed E-state index contributed by atoms with van der Waals surface area (Å²) in [6.45, 7) is 5.15. The second-order valence-electron chi connectivity index (χ2n) is 6.64. The molecule has 7 heteroatoms. The zero-order valence-electron chi connectivity index (χ0n) is 15.1. The maximum absolute atomic E-state index is 12.8. The van der Waals surface area contributed by atoms with Crippen LogP contribution in [0.1, 0.15) is 46.8 Å². The van der Waals surface area contributed by atoms with Gasteiger partial charge in [0.25, 0.3) is 5.91 Å². The molecule has 0 radical (unpaired) electrons. The molecule has 134 valence electrons. The largest absolute Gasteiger partial charge is 0.372 e. The lowest BCUT2D eigenvalue weighted by atomic mass is 9.95. The fourth-order valence-corrected chi connectivity index (χ4v) is 3.40. The van der Waals surface area contributed by atoms with Gasteiger partial charge in [-0.05, 0) is 45.4 Å². The lowest BCUT2D eigenvalue weighted by Crippen LogP contribution is -2.32. The molecule has 0 aromatic carbocycles. The summed E-state index contributed by atoms with van der Waals surface area (Å²) in [4.78, 5) is 23.5. The first-order valence-electron chi connectivity index (χ1n) is 8.79. The third-order valence-electron chi connectivity index (χ3n) is 4.84. The van der Waals surface area contributed by atoms with Gasteiger partial charge in [0.1, 0.15) is 17.1 Å². The van der Waals surface area contributed by atoms with Gasteiger partial charge < -0.3 is 14.7 Å². The van der Waals surface area contributed by atoms with Crippen molar-refractivity contribution >= 4 is 11.7 Å². The van der Waals surface area contributed by atoms with E-state index in [0.717, 1.165) is 50.3 Å². The van der Waals surface area contributed by atoms with Gasteiger partial charge in [0.2, 0.25) is 0 Å². The molecule has 1 atom stereocenters. The highest BCUT2D eigenvalue weighted by Gasteiger charge is 2.26. The molecule has 7 nitrogen and oxygen atoms in total. The van der Waals surface area contributed by atoms with Crippen molar-refractivity contribution in [3.05, 3.63) is 35.1 Å². The van der Waals surface area contributed by atoms with Crippen LogP contribution in [0.5, 0.6) is 0 Å². The van der Waals surface area contributed by atoms with Crippen LogP contribution in [0.3, 0.4) is 0 Å². The van der Waals surface area contributed by atoms with E-state index >= 15 is 0 Å². The predicted octanol–water partition coefficient (Wildman–Crippen LogP) is 2.61. The van der Waals surface area contributed by atoms with E-state index in [4.69, 9.17) is 4.52 Å². The summed E-state index contributed by atoms with van der Waals surface area (Å²) in [5.74, 6) is 1.94. The van der Waals surface area contributed by atoms with E-state index in [1.165, 1.54) is 0 Å². The number of aromatic nitrogens is 3. The fourth-order valence-electron chi connectivity index (χ4n) is 3.40. The number of carbonyl (C=O) groups is 1. The monoisotopic (exact) mass is 343 g/mol. The molecule has 25 heavy (non-hydrogen) atoms. The van der Waals surface area contributed by atoms with Crippen molar-refractivity contribution in [2.75, 3.05) is 25.5 Å². The van der Waals surface area contributed by atoms with Gasteiger partial charge in [0, 0.05) is 20.1 Å². The number of likely N-dealkylation sites (tertiary alicyclic amines) is 1. The SMILES string of the molecule is CNc1cnc(CC2CCCN(C(=O)c3c(C)noc3C)CC2)cn1. The molecule has 0 bridgehead atoms. The first-order chi connectivity index (χ1) is 12.1. The Hall–Kier alpha value is -2.44. The van der Waals surface area contributed by atoms with Gasteiger partial charge in [-0.15, -0.1) is 0 Å². The van der Waals surface area contributed by atoms with Crippen molar-refractivity contribution in [1.82, 2.24) is 20.0 Å². The Kier molecular flexibility index (Phi) is 5.31. The quantitative estimate of drug-likeness (QED) is 0.918. The maximum Gasteiger partial charge on any atom is 0.259 e. The third-order valence-corrected chi connectivity index (χ3v) is 4.84. The summed E-state index contributed by atoms with van der Waals surface area (Å²) in [6, 6.07) is 0. The maximum atomic E-state index is 12.8. The molecule has 0 saturated carbocycles. The number of hydrogen-bond acceptors (Lipinski definition) is 6. The molecule has 1 N–H and O–H groups in total. The van der Waals surface area contributed by atoms with Crippen molar-refractivity contribution in [3.63, 3.8) is 0 Å². The van der Waals surface area contributed by atoms with Crippen molar-refractivity contribution in [2.24, 2.45) is 5.92 Å². The summed E-state index contributed by atoms with van der Waals surface area (Å²) in [6.07, 6.45) is 7.58. The zero-order valence-corrected chi connectivity index (χ0v) is 15.1. The van der Waals surface area contributed by atoms with Crippen LogP contribution in [0.25, 0.3) is 0 Å². The minimum Gasteiger partial charge on any atom is -0.372 e. The van der Waals surface area contributed by atoms with Crippen LogP contribution >= 0.6 is 0 Å². The van der Waals surface area contributed by atoms with Gasteiger partial charge in [-0.2, -0.15) is 0 Å². The van der Waals surface area contributed by atoms with E-state index in [2.05, 4.69) is 20.4 Å². The Labute approximate surface area is 147 Å². The molecular weight excluding hydrogens is 318 g/mol. The van der Waals surface area contributed by atoms with Crippen LogP contribution in [0.15, 0.2) is 16.9 Å². The van der Waals surface area contributed by atoms with Gasteiger partial charge in [-0.25, -0.2) is 4.98 Å². The molecule has 2 aromatic rings. The van der Waals surface area contributed by atoms with E-state index in [-0.39, 0.29) is 5.91 Å². The molecular formula is C18H25N5O2. The second-order valence-corrected chi connectivity index (χ2v) is 6.64. The minimum absolute atomic E-state index is 0.0371. The highest BCUT2D eigenvalue weighted by atomic mass is 16.5. The first kappa shape index (κ1) is 17.4. The molecule has 1 amide bonds. The van der Waals surface area contributed by atoms with Crippen LogP contribution in [0.2, 0.25) is 0 Å². The normalized spacial score (nSPS) is 18.0. The number of aryl methyl sites for hydroxylation is 2. The zero-order chi connectivity index (χ0) is 17.8. The Morgan fingerprint density at radius 2 is 2.12 bits per heavy atom. The molecule has 3 rings (SSSR count). The molecule has 0 spiro atoms. The number of hydrogen-bond donors (Lipinski definition) is 1. The van der Waals surface area contributed by atoms with Gasteiger partial charge in [0.15, 0.2) is 0 Å². The Morgan fingerprint density at radius 3 is 2.76 bits per heavy atom. The Morgan fingerprint density at radius 1 is 1.28 bits per heavy atom. The Bertz CT molecular complexity index is 706. The number of nitrogens with zero attached hydrogens (tertiary/aromatic N) is 4. The standard InChI is InChI=1S/C18H25N5O2/c1-12-17(13(2)25-22-12)18(24)23-7-4-5-14(6-8-23)9-15-10-21-16(19-3)11-20-15/h10-11,14H,4-9H2,1-3H3,(H,19,21). The van der Waals surface area contributed by atoms with E-state index < -0.39 is 0 Å². The van der Waals surface area contributed by atoms with Gasteiger partial charge >= 0.3 is 0 Å². The second kappa shape index (κ2) is 7.63. The Balaban J connectivity index is 1.61. The summed E-state index contributed by atoms with van der Waals surface area (Å²) < 4.78 is 5.14. The van der Waals surface area contributed by atoms with Crippen LogP contribution in [-0.2, 0) is 6.42 Å². The highest BCUT2D eigenvalue weighted by molar-refractivity contribution is 5.96. The van der Waals surface area contributed by atoms with Crippen molar-refractivity contribution < 1.29 is 9.32 Å². The van der Waals surface area contributed by atoms with Crippen LogP contribution in [0.4, 0.5) is 5.82 Å². The van der Waals surface area contributed by atoms with Gasteiger partial charge in [-0.1, -0.05) is 5.16 Å². The molecule has 0 aliphatic carbocycles. The molecule has 1 aliphatic rings. The van der Waals surface area contributed by atoms with E-state index in [1.807, 2.05) is 25.1 Å². The average Bonchev–Trinajstić information content (AvgIpc) is 2.82. The number of anilines is 1. The molecule has 1 unspecified atom stereocenters. The lowest BCUT2D eigenvalue weighted by molar-refractivity contribution is 0.0757. The topological polar surface area (TPSA) is 84.2 Å². The third kappa shape index (κ3) is 3.97. The fraction of sp³-hybridized carbons (Fsp3) is 0.556. The number of rotatable bonds is 4. The van der Waals surface area contributed by atoms with Gasteiger partial charge in [-0.3, -0.25) is 9.78 Å². The van der Waals surface area contributed by atoms with Crippen LogP contribution in [-0.4, -0.2) is 46.1 Å². The van der Waals surface area contributed by atoms with Crippen molar-refractivity contribution in [3.8, 4) is 0 Å². The van der Waals surface area contributed by atoms with E-state index in [9.17, 15) is 4.79 Å². The van der Waals surface area contributed by atoms with Crippen LogP contribution in [0, 0.1) is 19.8 Å². The summed E-state index contributed by atoms with van der Waals surface area (Å²) in [5, 5.41) is 6.88. The van der Waals surface area contributed by atoms with E-state index in [0.29, 0.717) is 22.9 Å². The van der Waals surface area contributed by atoms with E-state index in [1.54, 1.807) is 13.1 Å². The van der Waals surface area contributed by atoms with Crippen molar-refractivity contribution in [2.45, 2.75) is 39.5 Å². The number of nitrogens with one attached hydrogen (secondary N) is 1. The number of amides is 1. The number of carbonyl (C=O) groups excluding carboxylic acids is 1. The molecule has 1 saturated heterocycles. The molecule has 1 fully saturated rings. The molecule has 2 aromatic heterocycles. The van der Waals surface area contributed by atoms with Gasteiger partial charge in [0.05, 0.1) is 23.8 Å². The lowest BCUT2D eigenvalue weighted by Gasteiger charge is -2.20. The molecule has 3 heterocycles. The average molecular weight is 343 g/mol.